The minimum absolute atomic E-state index is 0.0105. The number of aromatic hydroxyl groups is 1. The Kier molecular flexibility index (Phi) is 4.01. The fourth-order valence-corrected chi connectivity index (χ4v) is 4.44. The van der Waals surface area contributed by atoms with Crippen molar-refractivity contribution < 1.29 is 9.90 Å². The van der Waals surface area contributed by atoms with Crippen LogP contribution in [0, 0.1) is 0 Å². The van der Waals surface area contributed by atoms with Crippen molar-refractivity contribution in [3.05, 3.63) is 51.4 Å². The van der Waals surface area contributed by atoms with Gasteiger partial charge in [0.1, 0.15) is 17.1 Å². The summed E-state index contributed by atoms with van der Waals surface area (Å²) in [7, 11) is 0. The van der Waals surface area contributed by atoms with Crippen molar-refractivity contribution in [3.8, 4) is 5.75 Å². The summed E-state index contributed by atoms with van der Waals surface area (Å²) >= 11 is 1.59. The number of phenols is 1. The maximum absolute atomic E-state index is 12.8. The monoisotopic (exact) mass is 355 g/mol. The van der Waals surface area contributed by atoms with Gasteiger partial charge < -0.3 is 10.4 Å². The van der Waals surface area contributed by atoms with E-state index >= 15 is 0 Å². The summed E-state index contributed by atoms with van der Waals surface area (Å²) in [6.45, 7) is -0.138. The third kappa shape index (κ3) is 2.91. The molecule has 3 aromatic rings. The SMILES string of the molecule is O=C(Cn1cnc2sc3c(c2c1=O)CCCC3)Nc1ccccc1O. The number of anilines is 1. The zero-order chi connectivity index (χ0) is 17.4. The van der Waals surface area contributed by atoms with E-state index in [0.29, 0.717) is 11.1 Å². The van der Waals surface area contributed by atoms with Crippen molar-refractivity contribution in [2.45, 2.75) is 32.2 Å². The lowest BCUT2D eigenvalue weighted by Gasteiger charge is -2.11. The predicted octanol–water partition coefficient (Wildman–Crippen LogP) is 2.68. The first-order valence-corrected chi connectivity index (χ1v) is 9.02. The first kappa shape index (κ1) is 15.8. The van der Waals surface area contributed by atoms with E-state index in [9.17, 15) is 14.7 Å². The number of aromatic nitrogens is 2. The van der Waals surface area contributed by atoms with E-state index in [1.807, 2.05) is 0 Å². The van der Waals surface area contributed by atoms with Gasteiger partial charge in [0.15, 0.2) is 0 Å². The second kappa shape index (κ2) is 6.33. The topological polar surface area (TPSA) is 84.2 Å². The van der Waals surface area contributed by atoms with Crippen LogP contribution in [0.3, 0.4) is 0 Å². The summed E-state index contributed by atoms with van der Waals surface area (Å²) in [5.41, 5.74) is 1.26. The lowest BCUT2D eigenvalue weighted by atomic mass is 9.97. The van der Waals surface area contributed by atoms with E-state index in [1.165, 1.54) is 21.8 Å². The molecular weight excluding hydrogens is 338 g/mol. The molecule has 0 spiro atoms. The van der Waals surface area contributed by atoms with E-state index in [2.05, 4.69) is 10.3 Å². The number of aryl methyl sites for hydroxylation is 2. The smallest absolute Gasteiger partial charge is 0.262 e. The lowest BCUT2D eigenvalue weighted by Crippen LogP contribution is -2.28. The molecule has 0 atom stereocenters. The molecule has 0 saturated heterocycles. The first-order chi connectivity index (χ1) is 12.1. The Hall–Kier alpha value is -2.67. The highest BCUT2D eigenvalue weighted by atomic mass is 32.1. The van der Waals surface area contributed by atoms with Crippen LogP contribution < -0.4 is 10.9 Å². The molecule has 0 saturated carbocycles. The lowest BCUT2D eigenvalue weighted by molar-refractivity contribution is -0.116. The number of amides is 1. The third-order valence-corrected chi connectivity index (χ3v) is 5.63. The number of para-hydroxylation sites is 2. The highest BCUT2D eigenvalue weighted by molar-refractivity contribution is 7.18. The zero-order valence-electron chi connectivity index (χ0n) is 13.5. The van der Waals surface area contributed by atoms with Crippen LogP contribution in [0.25, 0.3) is 10.2 Å². The fourth-order valence-electron chi connectivity index (χ4n) is 3.22. The van der Waals surface area contributed by atoms with Crippen LogP contribution in [0.1, 0.15) is 23.3 Å². The average molecular weight is 355 g/mol. The van der Waals surface area contributed by atoms with Crippen LogP contribution in [-0.4, -0.2) is 20.6 Å². The highest BCUT2D eigenvalue weighted by Gasteiger charge is 2.20. The van der Waals surface area contributed by atoms with Gasteiger partial charge in [-0.3, -0.25) is 14.2 Å². The number of carbonyl (C=O) groups is 1. The van der Waals surface area contributed by atoms with Gasteiger partial charge in [0.2, 0.25) is 5.91 Å². The number of nitrogens with zero attached hydrogens (tertiary/aromatic N) is 2. The van der Waals surface area contributed by atoms with Crippen LogP contribution in [0.2, 0.25) is 0 Å². The molecule has 1 aliphatic carbocycles. The molecule has 0 aliphatic heterocycles. The van der Waals surface area contributed by atoms with Crippen molar-refractivity contribution in [1.82, 2.24) is 9.55 Å². The molecule has 0 radical (unpaired) electrons. The fraction of sp³-hybridized carbons (Fsp3) is 0.278. The molecule has 2 N–H and O–H groups in total. The van der Waals surface area contributed by atoms with Crippen molar-refractivity contribution in [2.75, 3.05) is 5.32 Å². The van der Waals surface area contributed by atoms with E-state index in [4.69, 9.17) is 0 Å². The molecule has 1 amide bonds. The molecule has 1 aromatic carbocycles. The van der Waals surface area contributed by atoms with E-state index in [1.54, 1.807) is 29.5 Å². The van der Waals surface area contributed by atoms with Gasteiger partial charge >= 0.3 is 0 Å². The molecule has 128 valence electrons. The number of benzene rings is 1. The molecular formula is C18H17N3O3S. The molecule has 0 unspecified atom stereocenters. The standard InChI is InChI=1S/C18H17N3O3S/c22-13-7-3-2-6-12(13)20-15(23)9-21-10-19-17-16(18(21)24)11-5-1-4-8-14(11)25-17/h2-3,6-7,10,22H,1,4-5,8-9H2,(H,20,23). The van der Waals surface area contributed by atoms with E-state index in [0.717, 1.165) is 36.1 Å². The number of phenolic OH excluding ortho intramolecular Hbond substituents is 1. The first-order valence-electron chi connectivity index (χ1n) is 8.21. The van der Waals surface area contributed by atoms with E-state index < -0.39 is 0 Å². The Labute approximate surface area is 147 Å². The summed E-state index contributed by atoms with van der Waals surface area (Å²) in [6.07, 6.45) is 5.57. The van der Waals surface area contributed by atoms with Crippen LogP contribution >= 0.6 is 11.3 Å². The molecule has 0 fully saturated rings. The number of nitrogens with one attached hydrogen (secondary N) is 1. The van der Waals surface area contributed by atoms with Crippen molar-refractivity contribution >= 4 is 33.1 Å². The molecule has 25 heavy (non-hydrogen) atoms. The maximum atomic E-state index is 12.8. The third-order valence-electron chi connectivity index (χ3n) is 4.43. The van der Waals surface area contributed by atoms with Crippen LogP contribution in [0.15, 0.2) is 35.4 Å². The number of hydrogen-bond acceptors (Lipinski definition) is 5. The molecule has 2 aromatic heterocycles. The van der Waals surface area contributed by atoms with Gasteiger partial charge in [0.25, 0.3) is 5.56 Å². The second-order valence-corrected chi connectivity index (χ2v) is 7.22. The Balaban J connectivity index is 1.63. The van der Waals surface area contributed by atoms with Gasteiger partial charge in [-0.15, -0.1) is 11.3 Å². The number of hydrogen-bond donors (Lipinski definition) is 2. The van der Waals surface area contributed by atoms with Crippen molar-refractivity contribution in [2.24, 2.45) is 0 Å². The zero-order valence-corrected chi connectivity index (χ0v) is 14.3. The summed E-state index contributed by atoms with van der Waals surface area (Å²) in [4.78, 5) is 31.4. The highest BCUT2D eigenvalue weighted by Crippen LogP contribution is 2.33. The number of rotatable bonds is 3. The Morgan fingerprint density at radius 3 is 2.92 bits per heavy atom. The van der Waals surface area contributed by atoms with Gasteiger partial charge in [0.05, 0.1) is 17.4 Å². The minimum Gasteiger partial charge on any atom is -0.506 e. The Morgan fingerprint density at radius 2 is 2.08 bits per heavy atom. The summed E-state index contributed by atoms with van der Waals surface area (Å²) in [5.74, 6) is -0.391. The Bertz CT molecular complexity index is 1020. The summed E-state index contributed by atoms with van der Waals surface area (Å²) < 4.78 is 1.33. The van der Waals surface area contributed by atoms with Gasteiger partial charge in [-0.05, 0) is 43.4 Å². The number of fused-ring (bicyclic) bond motifs is 3. The molecule has 7 heteroatoms. The normalized spacial score (nSPS) is 13.6. The van der Waals surface area contributed by atoms with E-state index in [-0.39, 0.29) is 23.8 Å². The van der Waals surface area contributed by atoms with Crippen LogP contribution in [0.4, 0.5) is 5.69 Å². The number of carbonyl (C=O) groups excluding carboxylic acids is 1. The van der Waals surface area contributed by atoms with Gasteiger partial charge in [-0.2, -0.15) is 0 Å². The minimum atomic E-state index is -0.381. The quantitative estimate of drug-likeness (QED) is 0.708. The predicted molar refractivity (Wildman–Crippen MR) is 97.3 cm³/mol. The molecule has 1 aliphatic rings. The molecule has 2 heterocycles. The molecule has 0 bridgehead atoms. The summed E-state index contributed by atoms with van der Waals surface area (Å²) in [5, 5.41) is 13.0. The van der Waals surface area contributed by atoms with Gasteiger partial charge in [-0.1, -0.05) is 12.1 Å². The van der Waals surface area contributed by atoms with Crippen LogP contribution in [-0.2, 0) is 24.2 Å². The largest absolute Gasteiger partial charge is 0.506 e. The van der Waals surface area contributed by atoms with Crippen LogP contribution in [0.5, 0.6) is 5.75 Å². The average Bonchev–Trinajstić information content (AvgIpc) is 2.99. The van der Waals surface area contributed by atoms with Gasteiger partial charge in [0, 0.05) is 4.88 Å². The summed E-state index contributed by atoms with van der Waals surface area (Å²) in [6, 6.07) is 6.49. The Morgan fingerprint density at radius 1 is 1.28 bits per heavy atom. The molecule has 6 nitrogen and oxygen atoms in total. The molecule has 4 rings (SSSR count). The second-order valence-electron chi connectivity index (χ2n) is 6.13. The van der Waals surface area contributed by atoms with Gasteiger partial charge in [-0.25, -0.2) is 4.98 Å². The maximum Gasteiger partial charge on any atom is 0.262 e. The van der Waals surface area contributed by atoms with Crippen molar-refractivity contribution in [3.63, 3.8) is 0 Å². The number of thiophene rings is 1. The van der Waals surface area contributed by atoms with Crippen molar-refractivity contribution in [1.29, 1.82) is 0 Å².